The van der Waals surface area contributed by atoms with Crippen LogP contribution in [0.15, 0.2) is 53.3 Å². The number of ketones is 1. The number of anilines is 3. The Morgan fingerprint density at radius 2 is 1.71 bits per heavy atom. The Kier molecular flexibility index (Phi) is 8.54. The number of nitrogens with zero attached hydrogens (tertiary/aromatic N) is 2. The van der Waals surface area contributed by atoms with E-state index in [4.69, 9.17) is 11.6 Å². The molecule has 174 valence electrons. The summed E-state index contributed by atoms with van der Waals surface area (Å²) < 4.78 is 0. The number of carbonyl (C=O) groups excluding carboxylic acids is 2. The molecular weight excluding hydrogens is 454 g/mol. The summed E-state index contributed by atoms with van der Waals surface area (Å²) in [5.74, 6) is -0.959. The molecule has 3 rings (SSSR count). The summed E-state index contributed by atoms with van der Waals surface area (Å²) in [7, 11) is 0. The van der Waals surface area contributed by atoms with Crippen molar-refractivity contribution in [1.82, 2.24) is 9.97 Å². The molecular formula is C25H24ClN5O3. The number of nitriles is 1. The second-order valence-corrected chi connectivity index (χ2v) is 8.08. The molecule has 0 unspecified atom stereocenters. The number of unbranched alkanes of at least 4 members (excludes halogenated alkanes) is 3. The number of rotatable bonds is 10. The summed E-state index contributed by atoms with van der Waals surface area (Å²) in [6, 6.07) is 15.1. The fraction of sp³-hybridized carbons (Fsp3) is 0.240. The molecule has 34 heavy (non-hydrogen) atoms. The van der Waals surface area contributed by atoms with Crippen LogP contribution in [0.4, 0.5) is 17.3 Å². The van der Waals surface area contributed by atoms with Gasteiger partial charge in [-0.2, -0.15) is 5.26 Å². The number of nitrogens with one attached hydrogen (secondary N) is 3. The lowest BCUT2D eigenvalue weighted by molar-refractivity contribution is -0.134. The molecule has 9 heteroatoms. The minimum Gasteiger partial charge on any atom is -0.326 e. The zero-order valence-corrected chi connectivity index (χ0v) is 19.4. The van der Waals surface area contributed by atoms with E-state index in [9.17, 15) is 19.6 Å². The van der Waals surface area contributed by atoms with Gasteiger partial charge in [-0.25, -0.2) is 4.98 Å². The molecule has 0 aliphatic heterocycles. The highest BCUT2D eigenvalue weighted by Crippen LogP contribution is 2.24. The first kappa shape index (κ1) is 24.7. The predicted octanol–water partition coefficient (Wildman–Crippen LogP) is 5.18. The molecule has 0 atom stereocenters. The Labute approximate surface area is 202 Å². The fourth-order valence-corrected chi connectivity index (χ4v) is 3.38. The number of carbonyl (C=O) groups is 2. The van der Waals surface area contributed by atoms with Gasteiger partial charge in [-0.3, -0.25) is 19.4 Å². The third-order valence-corrected chi connectivity index (χ3v) is 5.32. The van der Waals surface area contributed by atoms with Gasteiger partial charge in [0.05, 0.1) is 5.69 Å². The Balaban J connectivity index is 1.76. The third kappa shape index (κ3) is 6.53. The van der Waals surface area contributed by atoms with Crippen LogP contribution in [-0.4, -0.2) is 21.7 Å². The summed E-state index contributed by atoms with van der Waals surface area (Å²) in [6.45, 7) is 2.08. The van der Waals surface area contributed by atoms with Gasteiger partial charge in [0.2, 0.25) is 11.7 Å². The van der Waals surface area contributed by atoms with Crippen molar-refractivity contribution in [3.63, 3.8) is 0 Å². The van der Waals surface area contributed by atoms with Crippen LogP contribution in [0.2, 0.25) is 5.02 Å². The van der Waals surface area contributed by atoms with E-state index in [0.29, 0.717) is 28.4 Å². The van der Waals surface area contributed by atoms with Crippen LogP contribution in [0.3, 0.4) is 0 Å². The summed E-state index contributed by atoms with van der Waals surface area (Å²) in [5, 5.41) is 15.6. The molecule has 1 amide bonds. The number of Topliss-reactive ketones (excluding diaryl/α,β-unsaturated/α-hetero) is 1. The van der Waals surface area contributed by atoms with Gasteiger partial charge in [-0.1, -0.05) is 49.9 Å². The van der Waals surface area contributed by atoms with Gasteiger partial charge in [-0.15, -0.1) is 0 Å². The maximum Gasteiger partial charge on any atom is 0.291 e. The molecule has 8 nitrogen and oxygen atoms in total. The quantitative estimate of drug-likeness (QED) is 0.272. The van der Waals surface area contributed by atoms with Crippen LogP contribution in [0.1, 0.15) is 44.6 Å². The van der Waals surface area contributed by atoms with E-state index in [1.807, 2.05) is 6.07 Å². The molecule has 0 spiro atoms. The van der Waals surface area contributed by atoms with Crippen molar-refractivity contribution in [3.05, 3.63) is 69.5 Å². The molecule has 3 aromatic rings. The molecule has 2 aromatic carbocycles. The first-order chi connectivity index (χ1) is 16.4. The van der Waals surface area contributed by atoms with Crippen LogP contribution in [0.25, 0.3) is 11.3 Å². The van der Waals surface area contributed by atoms with Gasteiger partial charge >= 0.3 is 0 Å². The SMILES string of the molecule is CCCCCCC(=O)C(=O)Nc1ccc(-c2nc(Nc3ccc(Cl)cc3)[nH]c(=O)c2C#N)cc1. The zero-order chi connectivity index (χ0) is 24.5. The number of hydrogen-bond acceptors (Lipinski definition) is 6. The normalized spacial score (nSPS) is 10.4. The van der Waals surface area contributed by atoms with Crippen molar-refractivity contribution in [3.8, 4) is 17.3 Å². The van der Waals surface area contributed by atoms with E-state index in [2.05, 4.69) is 27.5 Å². The highest BCUT2D eigenvalue weighted by atomic mass is 35.5. The van der Waals surface area contributed by atoms with Crippen molar-refractivity contribution < 1.29 is 9.59 Å². The van der Waals surface area contributed by atoms with Crippen LogP contribution < -0.4 is 16.2 Å². The lowest BCUT2D eigenvalue weighted by Gasteiger charge is -2.10. The molecule has 0 radical (unpaired) electrons. The standard InChI is InChI=1S/C25H24ClN5O3/c1-2-3-4-5-6-21(32)24(34)28-18-11-7-16(8-12-18)22-20(15-27)23(33)31-25(30-22)29-19-13-9-17(26)10-14-19/h7-14H,2-6H2,1H3,(H,28,34)(H2,29,30,31,33). The second kappa shape index (κ2) is 11.8. The molecule has 0 aliphatic carbocycles. The fourth-order valence-electron chi connectivity index (χ4n) is 3.25. The van der Waals surface area contributed by atoms with Crippen molar-refractivity contribution in [2.75, 3.05) is 10.6 Å². The molecule has 0 bridgehead atoms. The number of aromatic amines is 1. The molecule has 0 fully saturated rings. The first-order valence-electron chi connectivity index (χ1n) is 10.9. The Bertz CT molecular complexity index is 1260. The molecule has 0 saturated heterocycles. The third-order valence-electron chi connectivity index (χ3n) is 5.07. The monoisotopic (exact) mass is 477 g/mol. The van der Waals surface area contributed by atoms with Gasteiger partial charge in [-0.05, 0) is 42.8 Å². The predicted molar refractivity (Wildman–Crippen MR) is 132 cm³/mol. The van der Waals surface area contributed by atoms with E-state index in [0.717, 1.165) is 19.3 Å². The van der Waals surface area contributed by atoms with Crippen molar-refractivity contribution >= 4 is 40.6 Å². The first-order valence-corrected chi connectivity index (χ1v) is 11.3. The van der Waals surface area contributed by atoms with E-state index in [-0.39, 0.29) is 23.6 Å². The Hall–Kier alpha value is -3.96. The molecule has 3 N–H and O–H groups in total. The lowest BCUT2D eigenvalue weighted by atomic mass is 10.1. The van der Waals surface area contributed by atoms with Gasteiger partial charge in [0.25, 0.3) is 11.5 Å². The van der Waals surface area contributed by atoms with Gasteiger partial charge in [0.1, 0.15) is 11.6 Å². The van der Waals surface area contributed by atoms with Crippen molar-refractivity contribution in [2.24, 2.45) is 0 Å². The Morgan fingerprint density at radius 1 is 1.03 bits per heavy atom. The van der Waals surface area contributed by atoms with Crippen LogP contribution in [-0.2, 0) is 9.59 Å². The van der Waals surface area contributed by atoms with E-state index in [1.54, 1.807) is 48.5 Å². The average molecular weight is 478 g/mol. The number of aromatic nitrogens is 2. The number of hydrogen-bond donors (Lipinski definition) is 3. The highest BCUT2D eigenvalue weighted by Gasteiger charge is 2.16. The molecule has 1 heterocycles. The summed E-state index contributed by atoms with van der Waals surface area (Å²) in [6.07, 6.45) is 3.92. The Morgan fingerprint density at radius 3 is 2.35 bits per heavy atom. The molecule has 0 saturated carbocycles. The number of amides is 1. The van der Waals surface area contributed by atoms with Crippen LogP contribution in [0.5, 0.6) is 0 Å². The maximum atomic E-state index is 12.5. The minimum absolute atomic E-state index is 0.138. The van der Waals surface area contributed by atoms with E-state index < -0.39 is 17.2 Å². The molecule has 1 aromatic heterocycles. The largest absolute Gasteiger partial charge is 0.326 e. The number of H-pyrrole nitrogens is 1. The lowest BCUT2D eigenvalue weighted by Crippen LogP contribution is -2.22. The van der Waals surface area contributed by atoms with Gasteiger partial charge < -0.3 is 10.6 Å². The highest BCUT2D eigenvalue weighted by molar-refractivity contribution is 6.40. The van der Waals surface area contributed by atoms with E-state index >= 15 is 0 Å². The zero-order valence-electron chi connectivity index (χ0n) is 18.7. The summed E-state index contributed by atoms with van der Waals surface area (Å²) in [5.41, 5.74) is 1.05. The summed E-state index contributed by atoms with van der Waals surface area (Å²) >= 11 is 5.90. The molecule has 0 aliphatic rings. The minimum atomic E-state index is -0.661. The topological polar surface area (TPSA) is 128 Å². The second-order valence-electron chi connectivity index (χ2n) is 7.65. The number of benzene rings is 2. The van der Waals surface area contributed by atoms with E-state index in [1.165, 1.54) is 0 Å². The van der Waals surface area contributed by atoms with Gasteiger partial charge in [0.15, 0.2) is 0 Å². The smallest absolute Gasteiger partial charge is 0.291 e. The van der Waals surface area contributed by atoms with Crippen molar-refractivity contribution in [2.45, 2.75) is 39.0 Å². The maximum absolute atomic E-state index is 12.5. The van der Waals surface area contributed by atoms with Crippen LogP contribution >= 0.6 is 11.6 Å². The number of halogens is 1. The average Bonchev–Trinajstić information content (AvgIpc) is 2.83. The van der Waals surface area contributed by atoms with Crippen LogP contribution in [0, 0.1) is 11.3 Å². The van der Waals surface area contributed by atoms with Crippen molar-refractivity contribution in [1.29, 1.82) is 5.26 Å². The van der Waals surface area contributed by atoms with Gasteiger partial charge in [0, 0.05) is 28.4 Å². The summed E-state index contributed by atoms with van der Waals surface area (Å²) in [4.78, 5) is 43.5.